The van der Waals surface area contributed by atoms with Crippen molar-refractivity contribution >= 4 is 11.8 Å². The molecular weight excluding hydrogens is 266 g/mol. The molecule has 1 unspecified atom stereocenters. The number of anilines is 2. The van der Waals surface area contributed by atoms with Crippen molar-refractivity contribution in [2.75, 3.05) is 17.2 Å². The van der Waals surface area contributed by atoms with Gasteiger partial charge < -0.3 is 15.2 Å². The second-order valence-electron chi connectivity index (χ2n) is 5.25. The molecule has 0 aromatic carbocycles. The second kappa shape index (κ2) is 6.56. The monoisotopic (exact) mass is 289 g/mol. The highest BCUT2D eigenvalue weighted by atomic mass is 16.5. The van der Waals surface area contributed by atoms with Gasteiger partial charge in [0.15, 0.2) is 0 Å². The third-order valence-corrected chi connectivity index (χ3v) is 3.27. The normalized spacial score (nSPS) is 12.2. The van der Waals surface area contributed by atoms with Crippen molar-refractivity contribution in [2.24, 2.45) is 0 Å². The molecule has 2 N–H and O–H groups in total. The maximum absolute atomic E-state index is 5.22. The molecule has 0 bridgehead atoms. The van der Waals surface area contributed by atoms with Gasteiger partial charge in [0.1, 0.15) is 11.6 Å². The van der Waals surface area contributed by atoms with E-state index in [1.807, 2.05) is 26.8 Å². The van der Waals surface area contributed by atoms with Gasteiger partial charge in [-0.1, -0.05) is 12.1 Å². The highest BCUT2D eigenvalue weighted by Gasteiger charge is 2.17. The van der Waals surface area contributed by atoms with E-state index in [2.05, 4.69) is 39.6 Å². The summed E-state index contributed by atoms with van der Waals surface area (Å²) in [5.74, 6) is 2.29. The van der Waals surface area contributed by atoms with Crippen LogP contribution in [0.4, 0.5) is 11.8 Å². The Hall–Kier alpha value is -2.11. The quantitative estimate of drug-likeness (QED) is 0.849. The Bertz CT molecular complexity index is 589. The first-order valence-electron chi connectivity index (χ1n) is 7.30. The summed E-state index contributed by atoms with van der Waals surface area (Å²) in [6.45, 7) is 10.9. The summed E-state index contributed by atoms with van der Waals surface area (Å²) in [7, 11) is 0. The molecule has 2 rings (SSSR count). The fourth-order valence-electron chi connectivity index (χ4n) is 2.36. The van der Waals surface area contributed by atoms with Gasteiger partial charge in [0.2, 0.25) is 5.95 Å². The minimum Gasteiger partial charge on any atom is -0.363 e. The summed E-state index contributed by atoms with van der Waals surface area (Å²) >= 11 is 0. The lowest BCUT2D eigenvalue weighted by Gasteiger charge is -2.15. The molecule has 0 spiro atoms. The number of hydrogen-bond donors (Lipinski definition) is 2. The van der Waals surface area contributed by atoms with Crippen molar-refractivity contribution in [3.05, 3.63) is 28.8 Å². The van der Waals surface area contributed by atoms with E-state index in [4.69, 9.17) is 4.52 Å². The van der Waals surface area contributed by atoms with E-state index < -0.39 is 0 Å². The number of rotatable bonds is 6. The number of nitrogens with one attached hydrogen (secondary N) is 2. The largest absolute Gasteiger partial charge is 0.363 e. The minimum atomic E-state index is 0.0737. The summed E-state index contributed by atoms with van der Waals surface area (Å²) < 4.78 is 5.22. The fraction of sp³-hybridized carbons (Fsp3) is 0.533. The van der Waals surface area contributed by atoms with E-state index in [1.54, 1.807) is 0 Å². The first kappa shape index (κ1) is 15.3. The molecule has 2 aromatic heterocycles. The third-order valence-electron chi connectivity index (χ3n) is 3.27. The Morgan fingerprint density at radius 2 is 2.00 bits per heavy atom. The van der Waals surface area contributed by atoms with E-state index >= 15 is 0 Å². The second-order valence-corrected chi connectivity index (χ2v) is 5.25. The zero-order chi connectivity index (χ0) is 15.4. The van der Waals surface area contributed by atoms with Crippen molar-refractivity contribution in [3.63, 3.8) is 0 Å². The standard InChI is InChI=1S/C15H23N5O/c1-6-7-16-15-17-9(2)8-13(19-15)18-10(3)14-11(4)20-21-12(14)5/h8,10H,6-7H2,1-5H3,(H2,16,17,18,19). The van der Waals surface area contributed by atoms with Gasteiger partial charge in [-0.2, -0.15) is 4.98 Å². The molecule has 2 aromatic rings. The zero-order valence-corrected chi connectivity index (χ0v) is 13.3. The van der Waals surface area contributed by atoms with Crippen molar-refractivity contribution in [1.29, 1.82) is 0 Å². The first-order valence-corrected chi connectivity index (χ1v) is 7.30. The van der Waals surface area contributed by atoms with Gasteiger partial charge in [-0.3, -0.25) is 0 Å². The summed E-state index contributed by atoms with van der Waals surface area (Å²) in [4.78, 5) is 8.88. The van der Waals surface area contributed by atoms with Crippen molar-refractivity contribution in [2.45, 2.75) is 47.1 Å². The van der Waals surface area contributed by atoms with E-state index in [-0.39, 0.29) is 6.04 Å². The molecule has 0 aliphatic rings. The Kier molecular flexibility index (Phi) is 4.77. The molecule has 6 heteroatoms. The SMILES string of the molecule is CCCNc1nc(C)cc(NC(C)c2c(C)noc2C)n1. The number of nitrogens with zero attached hydrogens (tertiary/aromatic N) is 3. The highest BCUT2D eigenvalue weighted by Crippen LogP contribution is 2.24. The highest BCUT2D eigenvalue weighted by molar-refractivity contribution is 5.44. The molecule has 6 nitrogen and oxygen atoms in total. The maximum Gasteiger partial charge on any atom is 0.224 e. The number of aromatic nitrogens is 3. The van der Waals surface area contributed by atoms with Crippen LogP contribution in [0.2, 0.25) is 0 Å². The van der Waals surface area contributed by atoms with Crippen LogP contribution in [0, 0.1) is 20.8 Å². The Morgan fingerprint density at radius 1 is 1.24 bits per heavy atom. The van der Waals surface area contributed by atoms with Crippen molar-refractivity contribution < 1.29 is 4.52 Å². The molecule has 114 valence electrons. The minimum absolute atomic E-state index is 0.0737. The zero-order valence-electron chi connectivity index (χ0n) is 13.3. The molecule has 1 atom stereocenters. The average Bonchev–Trinajstić information content (AvgIpc) is 2.75. The summed E-state index contributed by atoms with van der Waals surface area (Å²) in [5, 5.41) is 10.6. The molecular formula is C15H23N5O. The number of hydrogen-bond acceptors (Lipinski definition) is 6. The lowest BCUT2D eigenvalue weighted by atomic mass is 10.1. The Balaban J connectivity index is 2.17. The summed E-state index contributed by atoms with van der Waals surface area (Å²) in [5.41, 5.74) is 2.91. The van der Waals surface area contributed by atoms with E-state index in [0.29, 0.717) is 5.95 Å². The summed E-state index contributed by atoms with van der Waals surface area (Å²) in [6.07, 6.45) is 1.04. The van der Waals surface area contributed by atoms with Crippen LogP contribution in [0.3, 0.4) is 0 Å². The van der Waals surface area contributed by atoms with Crippen LogP contribution < -0.4 is 10.6 Å². The van der Waals surface area contributed by atoms with E-state index in [1.165, 1.54) is 0 Å². The van der Waals surface area contributed by atoms with Crippen LogP contribution in [0.25, 0.3) is 0 Å². The van der Waals surface area contributed by atoms with Crippen LogP contribution in [0.5, 0.6) is 0 Å². The first-order chi connectivity index (χ1) is 10.0. The van der Waals surface area contributed by atoms with Gasteiger partial charge in [0.05, 0.1) is 11.7 Å². The van der Waals surface area contributed by atoms with Crippen molar-refractivity contribution in [3.8, 4) is 0 Å². The predicted molar refractivity (Wildman–Crippen MR) is 83.6 cm³/mol. The Morgan fingerprint density at radius 3 is 2.62 bits per heavy atom. The molecule has 0 fully saturated rings. The van der Waals surface area contributed by atoms with Gasteiger partial charge in [-0.05, 0) is 34.1 Å². The fourth-order valence-corrected chi connectivity index (χ4v) is 2.36. The van der Waals surface area contributed by atoms with Gasteiger partial charge in [0, 0.05) is 23.9 Å². The predicted octanol–water partition coefficient (Wildman–Crippen LogP) is 3.38. The molecule has 0 amide bonds. The van der Waals surface area contributed by atoms with E-state index in [0.717, 1.165) is 41.5 Å². The van der Waals surface area contributed by atoms with Crippen LogP contribution >= 0.6 is 0 Å². The molecule has 0 saturated heterocycles. The van der Waals surface area contributed by atoms with Gasteiger partial charge in [-0.25, -0.2) is 4.98 Å². The smallest absolute Gasteiger partial charge is 0.224 e. The van der Waals surface area contributed by atoms with E-state index in [9.17, 15) is 0 Å². The molecule has 0 aliphatic carbocycles. The van der Waals surface area contributed by atoms with Gasteiger partial charge >= 0.3 is 0 Å². The van der Waals surface area contributed by atoms with Crippen LogP contribution in [0.1, 0.15) is 49.0 Å². The third kappa shape index (κ3) is 3.71. The topological polar surface area (TPSA) is 75.9 Å². The van der Waals surface area contributed by atoms with Crippen LogP contribution in [-0.2, 0) is 0 Å². The molecule has 0 aliphatic heterocycles. The summed E-state index contributed by atoms with van der Waals surface area (Å²) in [6, 6.07) is 2.01. The molecule has 21 heavy (non-hydrogen) atoms. The van der Waals surface area contributed by atoms with Crippen LogP contribution in [-0.4, -0.2) is 21.7 Å². The Labute approximate surface area is 125 Å². The van der Waals surface area contributed by atoms with Crippen LogP contribution in [0.15, 0.2) is 10.6 Å². The molecule has 0 radical (unpaired) electrons. The lowest BCUT2D eigenvalue weighted by Crippen LogP contribution is -2.12. The lowest BCUT2D eigenvalue weighted by molar-refractivity contribution is 0.392. The molecule has 2 heterocycles. The molecule has 0 saturated carbocycles. The maximum atomic E-state index is 5.22. The number of aryl methyl sites for hydroxylation is 3. The van der Waals surface area contributed by atoms with Crippen molar-refractivity contribution in [1.82, 2.24) is 15.1 Å². The van der Waals surface area contributed by atoms with Gasteiger partial charge in [-0.15, -0.1) is 0 Å². The average molecular weight is 289 g/mol. The van der Waals surface area contributed by atoms with Gasteiger partial charge in [0.25, 0.3) is 0 Å².